The molecule has 0 saturated carbocycles. The average molecular weight is 259 g/mol. The molecular formula is C18H13NO. The molecule has 3 aromatic carbocycles. The van der Waals surface area contributed by atoms with Gasteiger partial charge in [-0.2, -0.15) is 0 Å². The topological polar surface area (TPSA) is 39.2 Å². The number of fused-ring (bicyclic) bond motifs is 3. The minimum Gasteiger partial charge on any atom is -0.454 e. The molecule has 0 amide bonds. The molecule has 0 unspecified atom stereocenters. The van der Waals surface area contributed by atoms with Crippen LogP contribution in [-0.2, 0) is 0 Å². The van der Waals surface area contributed by atoms with Crippen molar-refractivity contribution in [1.29, 1.82) is 0 Å². The van der Waals surface area contributed by atoms with Gasteiger partial charge in [-0.15, -0.1) is 0 Å². The highest BCUT2D eigenvalue weighted by atomic mass is 16.3. The summed E-state index contributed by atoms with van der Waals surface area (Å²) in [5.74, 6) is 0. The van der Waals surface area contributed by atoms with Crippen LogP contribution in [0.4, 0.5) is 5.69 Å². The van der Waals surface area contributed by atoms with Gasteiger partial charge in [-0.05, 0) is 29.3 Å². The van der Waals surface area contributed by atoms with Gasteiger partial charge in [-0.3, -0.25) is 0 Å². The summed E-state index contributed by atoms with van der Waals surface area (Å²) in [6, 6.07) is 22.4. The van der Waals surface area contributed by atoms with E-state index in [9.17, 15) is 0 Å². The Balaban J connectivity index is 2.01. The number of para-hydroxylation sites is 1. The van der Waals surface area contributed by atoms with Gasteiger partial charge in [-0.25, -0.2) is 0 Å². The fourth-order valence-corrected chi connectivity index (χ4v) is 2.63. The van der Waals surface area contributed by atoms with Crippen LogP contribution >= 0.6 is 0 Å². The minimum atomic E-state index is 0.681. The molecule has 1 aromatic heterocycles. The molecule has 2 nitrogen and oxygen atoms in total. The van der Waals surface area contributed by atoms with Crippen LogP contribution in [0, 0.1) is 0 Å². The third-order valence-electron chi connectivity index (χ3n) is 3.64. The zero-order valence-electron chi connectivity index (χ0n) is 10.8. The summed E-state index contributed by atoms with van der Waals surface area (Å²) in [4.78, 5) is 0. The van der Waals surface area contributed by atoms with Crippen molar-refractivity contribution in [2.45, 2.75) is 0 Å². The van der Waals surface area contributed by atoms with Crippen molar-refractivity contribution in [3.8, 4) is 11.1 Å². The quantitative estimate of drug-likeness (QED) is 0.497. The van der Waals surface area contributed by atoms with Crippen molar-refractivity contribution < 1.29 is 4.42 Å². The van der Waals surface area contributed by atoms with Gasteiger partial charge in [0.2, 0.25) is 0 Å². The van der Waals surface area contributed by atoms with Gasteiger partial charge in [0, 0.05) is 10.8 Å². The van der Waals surface area contributed by atoms with E-state index in [-0.39, 0.29) is 0 Å². The van der Waals surface area contributed by atoms with Crippen molar-refractivity contribution in [2.75, 3.05) is 5.73 Å². The second-order valence-corrected chi connectivity index (χ2v) is 4.90. The number of hydrogen-bond acceptors (Lipinski definition) is 2. The molecule has 4 rings (SSSR count). The molecule has 96 valence electrons. The first-order chi connectivity index (χ1) is 9.83. The molecule has 0 atom stereocenters. The van der Waals surface area contributed by atoms with E-state index in [4.69, 9.17) is 10.2 Å². The van der Waals surface area contributed by atoms with E-state index in [1.54, 1.807) is 0 Å². The van der Waals surface area contributed by atoms with Crippen LogP contribution in [0.15, 0.2) is 71.1 Å². The molecule has 4 aromatic rings. The Morgan fingerprint density at radius 1 is 0.700 bits per heavy atom. The normalized spacial score (nSPS) is 11.2. The molecule has 0 saturated heterocycles. The number of rotatable bonds is 1. The van der Waals surface area contributed by atoms with Crippen molar-refractivity contribution in [3.63, 3.8) is 0 Å². The van der Waals surface area contributed by atoms with Crippen LogP contribution in [-0.4, -0.2) is 0 Å². The van der Waals surface area contributed by atoms with Crippen LogP contribution in [0.2, 0.25) is 0 Å². The zero-order chi connectivity index (χ0) is 13.5. The summed E-state index contributed by atoms with van der Waals surface area (Å²) in [5.41, 5.74) is 10.6. The lowest BCUT2D eigenvalue weighted by Gasteiger charge is -2.00. The second kappa shape index (κ2) is 4.14. The maximum absolute atomic E-state index is 5.98. The summed E-state index contributed by atoms with van der Waals surface area (Å²) < 4.78 is 5.92. The Labute approximate surface area is 116 Å². The van der Waals surface area contributed by atoms with Gasteiger partial charge >= 0.3 is 0 Å². The van der Waals surface area contributed by atoms with Crippen molar-refractivity contribution in [3.05, 3.63) is 66.7 Å². The average Bonchev–Trinajstić information content (AvgIpc) is 2.87. The van der Waals surface area contributed by atoms with E-state index in [1.165, 1.54) is 5.56 Å². The van der Waals surface area contributed by atoms with Gasteiger partial charge in [0.25, 0.3) is 0 Å². The number of hydrogen-bond donors (Lipinski definition) is 1. The van der Waals surface area contributed by atoms with E-state index >= 15 is 0 Å². The molecule has 20 heavy (non-hydrogen) atoms. The monoisotopic (exact) mass is 259 g/mol. The molecule has 1 heterocycles. The van der Waals surface area contributed by atoms with Crippen molar-refractivity contribution >= 4 is 27.6 Å². The van der Waals surface area contributed by atoms with Gasteiger partial charge in [0.1, 0.15) is 5.58 Å². The number of anilines is 1. The van der Waals surface area contributed by atoms with Gasteiger partial charge < -0.3 is 10.2 Å². The highest BCUT2D eigenvalue weighted by Gasteiger charge is 2.09. The van der Waals surface area contributed by atoms with Crippen LogP contribution < -0.4 is 5.73 Å². The van der Waals surface area contributed by atoms with E-state index in [0.717, 1.165) is 27.5 Å². The summed E-state index contributed by atoms with van der Waals surface area (Å²) >= 11 is 0. The molecule has 0 radical (unpaired) electrons. The molecular weight excluding hydrogens is 246 g/mol. The number of nitrogen functional groups attached to an aromatic ring is 1. The first-order valence-electron chi connectivity index (χ1n) is 6.59. The SMILES string of the molecule is Nc1cccc2c1oc1cc(-c3ccccc3)ccc12. The maximum Gasteiger partial charge on any atom is 0.158 e. The van der Waals surface area contributed by atoms with E-state index in [1.807, 2.05) is 36.4 Å². The van der Waals surface area contributed by atoms with Crippen molar-refractivity contribution in [2.24, 2.45) is 0 Å². The molecule has 2 N–H and O–H groups in total. The highest BCUT2D eigenvalue weighted by molar-refractivity contribution is 6.09. The summed E-state index contributed by atoms with van der Waals surface area (Å²) in [7, 11) is 0. The number of benzene rings is 3. The van der Waals surface area contributed by atoms with Gasteiger partial charge in [0.15, 0.2) is 5.58 Å². The minimum absolute atomic E-state index is 0.681. The van der Waals surface area contributed by atoms with E-state index in [0.29, 0.717) is 5.69 Å². The maximum atomic E-state index is 5.98. The van der Waals surface area contributed by atoms with Crippen LogP contribution in [0.1, 0.15) is 0 Å². The Morgan fingerprint density at radius 3 is 2.40 bits per heavy atom. The largest absolute Gasteiger partial charge is 0.454 e. The molecule has 2 heteroatoms. The standard InChI is InChI=1S/C18H13NO/c19-16-8-4-7-15-14-10-9-13(11-17(14)20-18(15)16)12-5-2-1-3-6-12/h1-11H,19H2. The molecule has 0 spiro atoms. The molecule has 0 aliphatic carbocycles. The summed E-state index contributed by atoms with van der Waals surface area (Å²) in [5, 5.41) is 2.17. The Morgan fingerprint density at radius 2 is 1.55 bits per heavy atom. The first kappa shape index (κ1) is 11.1. The van der Waals surface area contributed by atoms with Gasteiger partial charge in [0.05, 0.1) is 5.69 Å². The third-order valence-corrected chi connectivity index (χ3v) is 3.64. The smallest absolute Gasteiger partial charge is 0.158 e. The lowest BCUT2D eigenvalue weighted by Crippen LogP contribution is -1.82. The van der Waals surface area contributed by atoms with E-state index in [2.05, 4.69) is 30.3 Å². The molecule has 0 aliphatic heterocycles. The predicted molar refractivity (Wildman–Crippen MR) is 83.6 cm³/mol. The fourth-order valence-electron chi connectivity index (χ4n) is 2.63. The van der Waals surface area contributed by atoms with Crippen LogP contribution in [0.3, 0.4) is 0 Å². The van der Waals surface area contributed by atoms with Gasteiger partial charge in [-0.1, -0.05) is 48.5 Å². The lowest BCUT2D eigenvalue weighted by molar-refractivity contribution is 0.670. The number of nitrogens with two attached hydrogens (primary N) is 1. The zero-order valence-corrected chi connectivity index (χ0v) is 10.8. The fraction of sp³-hybridized carbons (Fsp3) is 0. The third kappa shape index (κ3) is 1.58. The second-order valence-electron chi connectivity index (χ2n) is 4.90. The Hall–Kier alpha value is -2.74. The molecule has 0 fully saturated rings. The van der Waals surface area contributed by atoms with Crippen molar-refractivity contribution in [1.82, 2.24) is 0 Å². The Bertz CT molecular complexity index is 907. The highest BCUT2D eigenvalue weighted by Crippen LogP contribution is 2.34. The number of furan rings is 1. The first-order valence-corrected chi connectivity index (χ1v) is 6.59. The predicted octanol–water partition coefficient (Wildman–Crippen LogP) is 4.84. The van der Waals surface area contributed by atoms with E-state index < -0.39 is 0 Å². The molecule has 0 bridgehead atoms. The molecule has 0 aliphatic rings. The Kier molecular flexibility index (Phi) is 2.30. The summed E-state index contributed by atoms with van der Waals surface area (Å²) in [6.07, 6.45) is 0. The lowest BCUT2D eigenvalue weighted by atomic mass is 10.0. The summed E-state index contributed by atoms with van der Waals surface area (Å²) in [6.45, 7) is 0. The van der Waals surface area contributed by atoms with Crippen LogP contribution in [0.5, 0.6) is 0 Å². The van der Waals surface area contributed by atoms with Crippen LogP contribution in [0.25, 0.3) is 33.1 Å².